The third-order valence-electron chi connectivity index (χ3n) is 4.10. The first kappa shape index (κ1) is 18.1. The molecule has 27 heavy (non-hydrogen) atoms. The van der Waals surface area contributed by atoms with Gasteiger partial charge in [0.25, 0.3) is 17.5 Å². The van der Waals surface area contributed by atoms with Gasteiger partial charge < -0.3 is 10.1 Å². The van der Waals surface area contributed by atoms with Crippen molar-refractivity contribution >= 4 is 28.8 Å². The van der Waals surface area contributed by atoms with Crippen LogP contribution in [0.2, 0.25) is 0 Å². The summed E-state index contributed by atoms with van der Waals surface area (Å²) in [5, 5.41) is 13.8. The largest absolute Gasteiger partial charge is 0.492 e. The van der Waals surface area contributed by atoms with E-state index in [1.165, 1.54) is 31.3 Å². The highest BCUT2D eigenvalue weighted by molar-refractivity contribution is 6.36. The maximum absolute atomic E-state index is 12.6. The highest BCUT2D eigenvalue weighted by atomic mass is 16.6. The van der Waals surface area contributed by atoms with Crippen molar-refractivity contribution in [2.45, 2.75) is 6.92 Å². The van der Waals surface area contributed by atoms with Crippen LogP contribution in [0.5, 0.6) is 5.75 Å². The molecule has 2 amide bonds. The zero-order valence-corrected chi connectivity index (χ0v) is 14.8. The van der Waals surface area contributed by atoms with Crippen LogP contribution in [0.4, 0.5) is 11.4 Å². The highest BCUT2D eigenvalue weighted by Gasteiger charge is 2.37. The molecule has 0 atom stereocenters. The fourth-order valence-corrected chi connectivity index (χ4v) is 2.76. The van der Waals surface area contributed by atoms with Crippen LogP contribution < -0.4 is 10.1 Å². The predicted octanol–water partition coefficient (Wildman–Crippen LogP) is 2.82. The summed E-state index contributed by atoms with van der Waals surface area (Å²) in [7, 11) is 1.39. The summed E-state index contributed by atoms with van der Waals surface area (Å²) in [5.41, 5.74) is 1.12. The van der Waals surface area contributed by atoms with E-state index in [4.69, 9.17) is 4.74 Å². The number of amides is 2. The van der Waals surface area contributed by atoms with Gasteiger partial charge >= 0.3 is 0 Å². The van der Waals surface area contributed by atoms with Crippen LogP contribution in [-0.2, 0) is 9.59 Å². The van der Waals surface area contributed by atoms with Gasteiger partial charge in [-0.3, -0.25) is 24.6 Å². The standard InChI is InChI=1S/C19H17N3O5/c1-3-27-15-7-5-4-6-14(15)20-17-16(18(23)21(2)19(17)24)12-8-10-13(11-9-12)22(25)26/h4-11,20H,3H2,1-2H3. The van der Waals surface area contributed by atoms with Crippen LogP contribution in [0.3, 0.4) is 0 Å². The number of nitrogens with one attached hydrogen (secondary N) is 1. The minimum absolute atomic E-state index is 0.0966. The molecule has 0 saturated heterocycles. The van der Waals surface area contributed by atoms with Gasteiger partial charge in [0, 0.05) is 19.2 Å². The Labute approximate surface area is 155 Å². The van der Waals surface area contributed by atoms with Gasteiger partial charge in [-0.25, -0.2) is 0 Å². The molecule has 1 N–H and O–H groups in total. The number of non-ortho nitro benzene ring substituents is 1. The molecule has 1 heterocycles. The van der Waals surface area contributed by atoms with E-state index in [1.54, 1.807) is 24.3 Å². The second-order valence-corrected chi connectivity index (χ2v) is 5.78. The van der Waals surface area contributed by atoms with Crippen molar-refractivity contribution < 1.29 is 19.2 Å². The van der Waals surface area contributed by atoms with Crippen LogP contribution in [0, 0.1) is 10.1 Å². The Balaban J connectivity index is 2.06. The maximum Gasteiger partial charge on any atom is 0.277 e. The second kappa shape index (κ2) is 7.28. The molecule has 3 rings (SSSR count). The molecule has 0 fully saturated rings. The average Bonchev–Trinajstić information content (AvgIpc) is 2.87. The molecule has 0 spiro atoms. The SMILES string of the molecule is CCOc1ccccc1NC1=C(c2ccc([N+](=O)[O-])cc2)C(=O)N(C)C1=O. The molecule has 0 bridgehead atoms. The Morgan fingerprint density at radius 2 is 1.74 bits per heavy atom. The summed E-state index contributed by atoms with van der Waals surface area (Å²) < 4.78 is 5.55. The molecule has 0 aromatic heterocycles. The number of hydrogen-bond acceptors (Lipinski definition) is 6. The molecular formula is C19H17N3O5. The zero-order chi connectivity index (χ0) is 19.6. The predicted molar refractivity (Wildman–Crippen MR) is 99.0 cm³/mol. The number of ether oxygens (including phenoxy) is 1. The van der Waals surface area contributed by atoms with Crippen LogP contribution in [0.15, 0.2) is 54.2 Å². The molecule has 1 aliphatic rings. The number of benzene rings is 2. The van der Waals surface area contributed by atoms with E-state index >= 15 is 0 Å². The summed E-state index contributed by atoms with van der Waals surface area (Å²) >= 11 is 0. The maximum atomic E-state index is 12.6. The molecular weight excluding hydrogens is 350 g/mol. The number of nitrogens with zero attached hydrogens (tertiary/aromatic N) is 2. The number of nitro benzene ring substituents is 1. The van der Waals surface area contributed by atoms with Crippen LogP contribution in [0.1, 0.15) is 12.5 Å². The molecule has 1 aliphatic heterocycles. The lowest BCUT2D eigenvalue weighted by Crippen LogP contribution is -2.28. The van der Waals surface area contributed by atoms with Gasteiger partial charge in [0.1, 0.15) is 11.4 Å². The van der Waals surface area contributed by atoms with Crippen LogP contribution >= 0.6 is 0 Å². The molecule has 2 aromatic rings. The Bertz CT molecular complexity index is 950. The molecule has 0 unspecified atom stereocenters. The van der Waals surface area contributed by atoms with Crippen molar-refractivity contribution in [3.63, 3.8) is 0 Å². The van der Waals surface area contributed by atoms with Crippen LogP contribution in [0.25, 0.3) is 5.57 Å². The van der Waals surface area contributed by atoms with Gasteiger partial charge in [0.2, 0.25) is 0 Å². The third kappa shape index (κ3) is 3.37. The van der Waals surface area contributed by atoms with Gasteiger partial charge in [-0.2, -0.15) is 0 Å². The lowest BCUT2D eigenvalue weighted by atomic mass is 10.0. The quantitative estimate of drug-likeness (QED) is 0.478. The number of anilines is 1. The van der Waals surface area contributed by atoms with Crippen molar-refractivity contribution in [1.82, 2.24) is 4.90 Å². The van der Waals surface area contributed by atoms with E-state index in [-0.39, 0.29) is 17.0 Å². The van der Waals surface area contributed by atoms with E-state index < -0.39 is 16.7 Å². The minimum atomic E-state index is -0.524. The smallest absolute Gasteiger partial charge is 0.277 e. The number of carbonyl (C=O) groups excluding carboxylic acids is 2. The molecule has 0 saturated carbocycles. The van der Waals surface area contributed by atoms with Gasteiger partial charge in [-0.15, -0.1) is 0 Å². The lowest BCUT2D eigenvalue weighted by molar-refractivity contribution is -0.384. The molecule has 8 heteroatoms. The van der Waals surface area contributed by atoms with Crippen LogP contribution in [-0.4, -0.2) is 35.3 Å². The molecule has 2 aromatic carbocycles. The summed E-state index contributed by atoms with van der Waals surface area (Å²) in [6.45, 7) is 2.29. The zero-order valence-electron chi connectivity index (χ0n) is 14.8. The van der Waals surface area contributed by atoms with E-state index in [9.17, 15) is 19.7 Å². The number of likely N-dealkylation sites (N-methyl/N-ethyl adjacent to an activating group) is 1. The average molecular weight is 367 g/mol. The van der Waals surface area contributed by atoms with E-state index in [0.717, 1.165) is 4.90 Å². The Morgan fingerprint density at radius 1 is 1.07 bits per heavy atom. The van der Waals surface area contributed by atoms with E-state index in [0.29, 0.717) is 23.6 Å². The first-order chi connectivity index (χ1) is 12.9. The first-order valence-electron chi connectivity index (χ1n) is 8.24. The van der Waals surface area contributed by atoms with Crippen molar-refractivity contribution in [3.05, 3.63) is 69.9 Å². The van der Waals surface area contributed by atoms with Gasteiger partial charge in [-0.05, 0) is 36.8 Å². The molecule has 0 radical (unpaired) electrons. The summed E-state index contributed by atoms with van der Waals surface area (Å²) in [6.07, 6.45) is 0. The minimum Gasteiger partial charge on any atom is -0.492 e. The second-order valence-electron chi connectivity index (χ2n) is 5.78. The Kier molecular flexibility index (Phi) is 4.89. The summed E-state index contributed by atoms with van der Waals surface area (Å²) in [5.74, 6) is -0.421. The fraction of sp³-hybridized carbons (Fsp3) is 0.158. The van der Waals surface area contributed by atoms with Gasteiger partial charge in [0.15, 0.2) is 0 Å². The number of imide groups is 1. The topological polar surface area (TPSA) is 102 Å². The number of carbonyl (C=O) groups is 2. The van der Waals surface area contributed by atoms with Crippen molar-refractivity contribution in [2.24, 2.45) is 0 Å². The molecule has 0 aliphatic carbocycles. The van der Waals surface area contributed by atoms with Crippen molar-refractivity contribution in [3.8, 4) is 5.75 Å². The van der Waals surface area contributed by atoms with E-state index in [1.807, 2.05) is 6.92 Å². The molecule has 138 valence electrons. The summed E-state index contributed by atoms with van der Waals surface area (Å²) in [4.78, 5) is 36.5. The third-order valence-corrected chi connectivity index (χ3v) is 4.10. The van der Waals surface area contributed by atoms with E-state index in [2.05, 4.69) is 5.32 Å². The number of rotatable bonds is 6. The Hall–Kier alpha value is -3.68. The Morgan fingerprint density at radius 3 is 2.37 bits per heavy atom. The normalized spacial score (nSPS) is 13.9. The number of hydrogen-bond donors (Lipinski definition) is 1. The fourth-order valence-electron chi connectivity index (χ4n) is 2.76. The molecule has 8 nitrogen and oxygen atoms in total. The number of para-hydroxylation sites is 2. The highest BCUT2D eigenvalue weighted by Crippen LogP contribution is 2.33. The number of nitro groups is 1. The lowest BCUT2D eigenvalue weighted by Gasteiger charge is -2.13. The van der Waals surface area contributed by atoms with Gasteiger partial charge in [0.05, 0.1) is 22.8 Å². The van der Waals surface area contributed by atoms with Gasteiger partial charge in [-0.1, -0.05) is 12.1 Å². The summed E-state index contributed by atoms with van der Waals surface area (Å²) in [6, 6.07) is 12.6. The first-order valence-corrected chi connectivity index (χ1v) is 8.24. The van der Waals surface area contributed by atoms with Crippen molar-refractivity contribution in [1.29, 1.82) is 0 Å². The monoisotopic (exact) mass is 367 g/mol. The van der Waals surface area contributed by atoms with Crippen molar-refractivity contribution in [2.75, 3.05) is 19.0 Å².